The second-order valence-electron chi connectivity index (χ2n) is 2.88. The molecule has 82 valence electrons. The number of hydrogen-bond acceptors (Lipinski definition) is 4. The maximum absolute atomic E-state index is 11.1. The highest BCUT2D eigenvalue weighted by molar-refractivity contribution is 5.91. The summed E-state index contributed by atoms with van der Waals surface area (Å²) < 4.78 is 5.26. The molecule has 0 saturated heterocycles. The minimum absolute atomic E-state index is 0.101. The molecule has 5 nitrogen and oxygen atoms in total. The lowest BCUT2D eigenvalue weighted by molar-refractivity contribution is 0.0958. The first-order valence-electron chi connectivity index (χ1n) is 4.69. The van der Waals surface area contributed by atoms with Crippen LogP contribution in [-0.4, -0.2) is 36.3 Å². The van der Waals surface area contributed by atoms with Crippen LogP contribution < -0.4 is 10.1 Å². The molecule has 0 aromatic carbocycles. The number of nitrogens with one attached hydrogen (secondary N) is 1. The lowest BCUT2D eigenvalue weighted by Gasteiger charge is -2.04. The molecule has 0 aliphatic carbocycles. The number of amides is 1. The van der Waals surface area contributed by atoms with Gasteiger partial charge in [-0.15, -0.1) is 0 Å². The lowest BCUT2D eigenvalue weighted by Crippen LogP contribution is -2.18. The van der Waals surface area contributed by atoms with E-state index in [0.29, 0.717) is 24.5 Å². The fourth-order valence-corrected chi connectivity index (χ4v) is 0.983. The minimum atomic E-state index is -0.225. The molecule has 0 atom stereocenters. The number of aliphatic hydroxyl groups excluding tert-OH is 1. The minimum Gasteiger partial charge on any atom is -0.492 e. The van der Waals surface area contributed by atoms with Crippen LogP contribution in [0.15, 0.2) is 18.3 Å². The van der Waals surface area contributed by atoms with Crippen LogP contribution in [0.1, 0.15) is 16.9 Å². The van der Waals surface area contributed by atoms with Crippen LogP contribution in [0.25, 0.3) is 0 Å². The highest BCUT2D eigenvalue weighted by Crippen LogP contribution is 2.09. The van der Waals surface area contributed by atoms with Crippen LogP contribution in [0, 0.1) is 0 Å². The van der Waals surface area contributed by atoms with Gasteiger partial charge in [-0.05, 0) is 12.1 Å². The molecule has 15 heavy (non-hydrogen) atoms. The zero-order chi connectivity index (χ0) is 11.1. The zero-order valence-corrected chi connectivity index (χ0v) is 8.56. The first-order valence-corrected chi connectivity index (χ1v) is 4.69. The molecular weight excluding hydrogens is 196 g/mol. The lowest BCUT2D eigenvalue weighted by atomic mass is 10.3. The van der Waals surface area contributed by atoms with Crippen molar-refractivity contribution < 1.29 is 14.6 Å². The van der Waals surface area contributed by atoms with Gasteiger partial charge in [0.2, 0.25) is 0 Å². The Balaban J connectivity index is 2.52. The van der Waals surface area contributed by atoms with E-state index in [1.54, 1.807) is 19.2 Å². The summed E-state index contributed by atoms with van der Waals surface area (Å²) in [7, 11) is 1.55. The predicted molar refractivity (Wildman–Crippen MR) is 54.8 cm³/mol. The Morgan fingerprint density at radius 2 is 2.40 bits per heavy atom. The van der Waals surface area contributed by atoms with Crippen molar-refractivity contribution >= 4 is 5.91 Å². The highest BCUT2D eigenvalue weighted by atomic mass is 16.5. The van der Waals surface area contributed by atoms with Gasteiger partial charge >= 0.3 is 0 Å². The van der Waals surface area contributed by atoms with E-state index < -0.39 is 0 Å². The quantitative estimate of drug-likeness (QED) is 0.681. The molecule has 5 heteroatoms. The first kappa shape index (κ1) is 11.5. The van der Waals surface area contributed by atoms with E-state index in [0.717, 1.165) is 0 Å². The number of carbonyl (C=O) groups is 1. The van der Waals surface area contributed by atoms with Crippen LogP contribution >= 0.6 is 0 Å². The van der Waals surface area contributed by atoms with Crippen molar-refractivity contribution in [3.8, 4) is 5.75 Å². The molecule has 1 rings (SSSR count). The van der Waals surface area contributed by atoms with Crippen molar-refractivity contribution in [1.82, 2.24) is 10.3 Å². The molecule has 0 spiro atoms. The third-order valence-corrected chi connectivity index (χ3v) is 1.77. The van der Waals surface area contributed by atoms with Gasteiger partial charge in [0.25, 0.3) is 5.91 Å². The molecule has 2 N–H and O–H groups in total. The second-order valence-corrected chi connectivity index (χ2v) is 2.88. The predicted octanol–water partition coefficient (Wildman–Crippen LogP) is 0.202. The van der Waals surface area contributed by atoms with E-state index in [2.05, 4.69) is 10.3 Å². The summed E-state index contributed by atoms with van der Waals surface area (Å²) in [5, 5.41) is 11.0. The molecule has 1 heterocycles. The second kappa shape index (κ2) is 5.98. The molecule has 0 aliphatic heterocycles. The summed E-state index contributed by atoms with van der Waals surface area (Å²) in [5.41, 5.74) is 0.354. The molecule has 0 unspecified atom stereocenters. The van der Waals surface area contributed by atoms with Crippen LogP contribution in [-0.2, 0) is 0 Å². The van der Waals surface area contributed by atoms with Gasteiger partial charge < -0.3 is 15.2 Å². The smallest absolute Gasteiger partial charge is 0.269 e. The van der Waals surface area contributed by atoms with E-state index >= 15 is 0 Å². The average molecular weight is 210 g/mol. The monoisotopic (exact) mass is 210 g/mol. The van der Waals surface area contributed by atoms with Crippen molar-refractivity contribution in [2.24, 2.45) is 0 Å². The van der Waals surface area contributed by atoms with Crippen molar-refractivity contribution in [1.29, 1.82) is 0 Å². The third kappa shape index (κ3) is 3.55. The Hall–Kier alpha value is -1.62. The number of hydrogen-bond donors (Lipinski definition) is 2. The topological polar surface area (TPSA) is 71.5 Å². The Labute approximate surface area is 88.1 Å². The van der Waals surface area contributed by atoms with Crippen molar-refractivity contribution in [2.75, 3.05) is 20.3 Å². The van der Waals surface area contributed by atoms with E-state index in [-0.39, 0.29) is 12.5 Å². The largest absolute Gasteiger partial charge is 0.492 e. The molecular formula is C10H14N2O3. The van der Waals surface area contributed by atoms with Crippen LogP contribution in [0.3, 0.4) is 0 Å². The van der Waals surface area contributed by atoms with E-state index in [1.165, 1.54) is 6.20 Å². The van der Waals surface area contributed by atoms with E-state index in [4.69, 9.17) is 9.84 Å². The molecule has 0 fully saturated rings. The van der Waals surface area contributed by atoms with Crippen LogP contribution in [0.4, 0.5) is 0 Å². The summed E-state index contributed by atoms with van der Waals surface area (Å²) in [5.74, 6) is 0.369. The van der Waals surface area contributed by atoms with Crippen molar-refractivity contribution in [3.05, 3.63) is 24.0 Å². The summed E-state index contributed by atoms with van der Waals surface area (Å²) in [6, 6.07) is 3.27. The number of aliphatic hydroxyl groups is 1. The number of carbonyl (C=O) groups excluding carboxylic acids is 1. The van der Waals surface area contributed by atoms with Crippen molar-refractivity contribution in [2.45, 2.75) is 6.42 Å². The first-order chi connectivity index (χ1) is 7.27. The molecule has 1 aromatic heterocycles. The van der Waals surface area contributed by atoms with E-state index in [1.807, 2.05) is 0 Å². The maximum atomic E-state index is 11.1. The average Bonchev–Trinajstić information content (AvgIpc) is 2.29. The number of pyridine rings is 1. The van der Waals surface area contributed by atoms with Gasteiger partial charge in [0, 0.05) is 20.1 Å². The fraction of sp³-hybridized carbons (Fsp3) is 0.400. The van der Waals surface area contributed by atoms with Crippen LogP contribution in [0.2, 0.25) is 0 Å². The third-order valence-electron chi connectivity index (χ3n) is 1.77. The molecule has 0 aliphatic rings. The van der Waals surface area contributed by atoms with Crippen LogP contribution in [0.5, 0.6) is 5.75 Å². The summed E-state index contributed by atoms with van der Waals surface area (Å²) in [6.07, 6.45) is 2.07. The maximum Gasteiger partial charge on any atom is 0.269 e. The van der Waals surface area contributed by atoms with E-state index in [9.17, 15) is 4.79 Å². The van der Waals surface area contributed by atoms with Gasteiger partial charge in [0.15, 0.2) is 0 Å². The van der Waals surface area contributed by atoms with Gasteiger partial charge in [-0.3, -0.25) is 4.79 Å². The summed E-state index contributed by atoms with van der Waals surface area (Å²) >= 11 is 0. The number of ether oxygens (including phenoxy) is 1. The van der Waals surface area contributed by atoms with Gasteiger partial charge in [0.05, 0.1) is 12.8 Å². The zero-order valence-electron chi connectivity index (χ0n) is 8.56. The number of aromatic nitrogens is 1. The SMILES string of the molecule is CNC(=O)c1ccc(OCCCO)cn1. The molecule has 0 radical (unpaired) electrons. The van der Waals surface area contributed by atoms with Gasteiger partial charge in [-0.2, -0.15) is 0 Å². The Morgan fingerprint density at radius 1 is 1.60 bits per heavy atom. The Morgan fingerprint density at radius 3 is 2.93 bits per heavy atom. The fourth-order valence-electron chi connectivity index (χ4n) is 0.983. The highest BCUT2D eigenvalue weighted by Gasteiger charge is 2.03. The summed E-state index contributed by atoms with van der Waals surface area (Å²) in [4.78, 5) is 15.1. The normalized spacial score (nSPS) is 9.73. The van der Waals surface area contributed by atoms with Gasteiger partial charge in [-0.1, -0.05) is 0 Å². The molecule has 0 saturated carbocycles. The molecule has 0 bridgehead atoms. The Kier molecular flexibility index (Phi) is 4.56. The standard InChI is InChI=1S/C10H14N2O3/c1-11-10(14)9-4-3-8(7-12-9)15-6-2-5-13/h3-4,7,13H,2,5-6H2,1H3,(H,11,14). The van der Waals surface area contributed by atoms with Gasteiger partial charge in [-0.25, -0.2) is 4.98 Å². The summed E-state index contributed by atoms with van der Waals surface area (Å²) in [6.45, 7) is 0.543. The number of nitrogens with zero attached hydrogens (tertiary/aromatic N) is 1. The molecule has 1 amide bonds. The van der Waals surface area contributed by atoms with Gasteiger partial charge in [0.1, 0.15) is 11.4 Å². The van der Waals surface area contributed by atoms with Crippen molar-refractivity contribution in [3.63, 3.8) is 0 Å². The number of rotatable bonds is 5. The Bertz CT molecular complexity index is 311. The molecule has 1 aromatic rings.